The van der Waals surface area contributed by atoms with Gasteiger partial charge in [0.05, 0.1) is 0 Å². The number of carbonyl (C=O) groups is 1. The van der Waals surface area contributed by atoms with E-state index in [0.717, 1.165) is 10.8 Å². The zero-order valence-corrected chi connectivity index (χ0v) is 10.3. The topological polar surface area (TPSA) is 83.6 Å². The molecule has 0 saturated heterocycles. The van der Waals surface area contributed by atoms with Crippen molar-refractivity contribution in [2.24, 2.45) is 0 Å². The molecule has 0 aliphatic carbocycles. The second-order valence-electron chi connectivity index (χ2n) is 3.81. The summed E-state index contributed by atoms with van der Waals surface area (Å²) in [4.78, 5) is 19.9. The molecule has 3 rings (SSSR count). The van der Waals surface area contributed by atoms with Crippen molar-refractivity contribution in [3.05, 3.63) is 47.5 Å². The molecule has 0 aliphatic heterocycles. The highest BCUT2D eigenvalue weighted by Gasteiger charge is 2.12. The van der Waals surface area contributed by atoms with Gasteiger partial charge in [0.25, 0.3) is 5.91 Å². The standard InChI is InChI=1S/C12H8ClN5O/c13-10-8-4-2-1-3-7(8)5-9(16-10)11(19)17-12-14-6-15-18-12/h1-6H,(H2,14,15,17,18,19). The monoisotopic (exact) mass is 273 g/mol. The first kappa shape index (κ1) is 11.6. The third-order valence-electron chi connectivity index (χ3n) is 2.57. The first-order valence-electron chi connectivity index (χ1n) is 5.46. The number of pyridine rings is 1. The molecular formula is C12H8ClN5O. The van der Waals surface area contributed by atoms with Crippen LogP contribution in [0.3, 0.4) is 0 Å². The Morgan fingerprint density at radius 3 is 2.95 bits per heavy atom. The molecule has 2 N–H and O–H groups in total. The van der Waals surface area contributed by atoms with E-state index < -0.39 is 5.91 Å². The lowest BCUT2D eigenvalue weighted by Crippen LogP contribution is -2.14. The van der Waals surface area contributed by atoms with Gasteiger partial charge in [-0.25, -0.2) is 10.1 Å². The number of hydrogen-bond acceptors (Lipinski definition) is 4. The zero-order valence-electron chi connectivity index (χ0n) is 9.59. The summed E-state index contributed by atoms with van der Waals surface area (Å²) in [7, 11) is 0. The maximum atomic E-state index is 12.0. The Kier molecular flexibility index (Phi) is 2.85. The fraction of sp³-hybridized carbons (Fsp3) is 0. The summed E-state index contributed by atoms with van der Waals surface area (Å²) >= 11 is 6.06. The summed E-state index contributed by atoms with van der Waals surface area (Å²) in [6.07, 6.45) is 1.30. The van der Waals surface area contributed by atoms with E-state index in [-0.39, 0.29) is 11.6 Å². The molecule has 0 unspecified atom stereocenters. The van der Waals surface area contributed by atoms with Crippen molar-refractivity contribution in [2.75, 3.05) is 5.32 Å². The first-order chi connectivity index (χ1) is 9.24. The van der Waals surface area contributed by atoms with Gasteiger partial charge in [-0.3, -0.25) is 10.1 Å². The number of aromatic amines is 1. The fourth-order valence-corrected chi connectivity index (χ4v) is 1.97. The van der Waals surface area contributed by atoms with Crippen LogP contribution in [-0.2, 0) is 0 Å². The maximum absolute atomic E-state index is 12.0. The van der Waals surface area contributed by atoms with E-state index in [2.05, 4.69) is 25.5 Å². The third kappa shape index (κ3) is 2.25. The van der Waals surface area contributed by atoms with E-state index in [1.165, 1.54) is 6.33 Å². The highest BCUT2D eigenvalue weighted by molar-refractivity contribution is 6.34. The molecule has 0 atom stereocenters. The van der Waals surface area contributed by atoms with E-state index in [4.69, 9.17) is 11.6 Å². The van der Waals surface area contributed by atoms with Gasteiger partial charge in [0.15, 0.2) is 0 Å². The molecule has 2 aromatic heterocycles. The van der Waals surface area contributed by atoms with Gasteiger partial charge in [0, 0.05) is 5.39 Å². The molecule has 94 valence electrons. The summed E-state index contributed by atoms with van der Waals surface area (Å²) in [5, 5.41) is 10.7. The number of amides is 1. The van der Waals surface area contributed by atoms with E-state index in [0.29, 0.717) is 5.15 Å². The molecule has 0 fully saturated rings. The van der Waals surface area contributed by atoms with Crippen LogP contribution in [0.25, 0.3) is 10.8 Å². The molecule has 7 heteroatoms. The number of nitrogens with one attached hydrogen (secondary N) is 2. The number of aromatic nitrogens is 4. The van der Waals surface area contributed by atoms with Crippen LogP contribution in [0.4, 0.5) is 5.95 Å². The molecule has 2 heterocycles. The van der Waals surface area contributed by atoms with Gasteiger partial charge in [-0.2, -0.15) is 10.1 Å². The molecule has 0 spiro atoms. The Morgan fingerprint density at radius 1 is 1.32 bits per heavy atom. The largest absolute Gasteiger partial charge is 0.289 e. The number of benzene rings is 1. The predicted octanol–water partition coefficient (Wildman–Crippen LogP) is 2.26. The second-order valence-corrected chi connectivity index (χ2v) is 4.17. The lowest BCUT2D eigenvalue weighted by atomic mass is 10.1. The SMILES string of the molecule is O=C(Nc1ncn[nH]1)c1cc2ccccc2c(Cl)n1. The molecule has 1 amide bonds. The minimum absolute atomic E-state index is 0.222. The van der Waals surface area contributed by atoms with E-state index in [9.17, 15) is 4.79 Å². The van der Waals surface area contributed by atoms with Crippen LogP contribution in [0, 0.1) is 0 Å². The Bertz CT molecular complexity index is 741. The van der Waals surface area contributed by atoms with Crippen LogP contribution < -0.4 is 5.32 Å². The first-order valence-corrected chi connectivity index (χ1v) is 5.84. The number of hydrogen-bond donors (Lipinski definition) is 2. The Hall–Kier alpha value is -2.47. The minimum Gasteiger partial charge on any atom is -0.289 e. The van der Waals surface area contributed by atoms with E-state index in [1.54, 1.807) is 6.07 Å². The van der Waals surface area contributed by atoms with Crippen LogP contribution in [0.5, 0.6) is 0 Å². The second kappa shape index (κ2) is 4.66. The molecule has 0 aliphatic rings. The van der Waals surface area contributed by atoms with Crippen molar-refractivity contribution in [1.29, 1.82) is 0 Å². The lowest BCUT2D eigenvalue weighted by molar-refractivity contribution is 0.102. The Labute approximate surface area is 112 Å². The van der Waals surface area contributed by atoms with Crippen LogP contribution in [0.2, 0.25) is 5.15 Å². The summed E-state index contributed by atoms with van der Waals surface area (Å²) in [6, 6.07) is 9.13. The maximum Gasteiger partial charge on any atom is 0.276 e. The fourth-order valence-electron chi connectivity index (χ4n) is 1.71. The molecule has 0 bridgehead atoms. The lowest BCUT2D eigenvalue weighted by Gasteiger charge is -2.04. The summed E-state index contributed by atoms with van der Waals surface area (Å²) in [6.45, 7) is 0. The number of H-pyrrole nitrogens is 1. The minimum atomic E-state index is -0.399. The van der Waals surface area contributed by atoms with Gasteiger partial charge in [-0.05, 0) is 11.5 Å². The van der Waals surface area contributed by atoms with Crippen LogP contribution in [0.15, 0.2) is 36.7 Å². The molecular weight excluding hydrogens is 266 g/mol. The number of nitrogens with zero attached hydrogens (tertiary/aromatic N) is 3. The number of halogens is 1. The highest BCUT2D eigenvalue weighted by atomic mass is 35.5. The average molecular weight is 274 g/mol. The highest BCUT2D eigenvalue weighted by Crippen LogP contribution is 2.22. The number of fused-ring (bicyclic) bond motifs is 1. The van der Waals surface area contributed by atoms with Crippen LogP contribution >= 0.6 is 11.6 Å². The number of rotatable bonds is 2. The van der Waals surface area contributed by atoms with E-state index >= 15 is 0 Å². The zero-order chi connectivity index (χ0) is 13.2. The molecule has 1 aromatic carbocycles. The smallest absolute Gasteiger partial charge is 0.276 e. The van der Waals surface area contributed by atoms with Gasteiger partial charge in [0.2, 0.25) is 5.95 Å². The summed E-state index contributed by atoms with van der Waals surface area (Å²) in [5.74, 6) is -0.138. The van der Waals surface area contributed by atoms with Crippen molar-refractivity contribution < 1.29 is 4.79 Å². The van der Waals surface area contributed by atoms with Crippen LogP contribution in [-0.4, -0.2) is 26.1 Å². The normalized spacial score (nSPS) is 10.6. The quantitative estimate of drug-likeness (QED) is 0.702. The molecule has 19 heavy (non-hydrogen) atoms. The van der Waals surface area contributed by atoms with E-state index in [1.807, 2.05) is 24.3 Å². The molecule has 0 saturated carbocycles. The van der Waals surface area contributed by atoms with Crippen molar-refractivity contribution in [3.63, 3.8) is 0 Å². The Balaban J connectivity index is 1.98. The third-order valence-corrected chi connectivity index (χ3v) is 2.86. The van der Waals surface area contributed by atoms with Gasteiger partial charge in [0.1, 0.15) is 17.2 Å². The molecule has 3 aromatic rings. The number of anilines is 1. The van der Waals surface area contributed by atoms with Crippen molar-refractivity contribution in [2.45, 2.75) is 0 Å². The average Bonchev–Trinajstić information content (AvgIpc) is 2.91. The van der Waals surface area contributed by atoms with Crippen molar-refractivity contribution in [1.82, 2.24) is 20.2 Å². The predicted molar refractivity (Wildman–Crippen MR) is 71.1 cm³/mol. The van der Waals surface area contributed by atoms with Crippen molar-refractivity contribution in [3.8, 4) is 0 Å². The van der Waals surface area contributed by atoms with Gasteiger partial charge in [-0.1, -0.05) is 35.9 Å². The molecule has 0 radical (unpaired) electrons. The summed E-state index contributed by atoms with van der Waals surface area (Å²) < 4.78 is 0. The van der Waals surface area contributed by atoms with Gasteiger partial charge >= 0.3 is 0 Å². The Morgan fingerprint density at radius 2 is 2.16 bits per heavy atom. The summed E-state index contributed by atoms with van der Waals surface area (Å²) in [5.41, 5.74) is 0.222. The van der Waals surface area contributed by atoms with Crippen molar-refractivity contribution >= 4 is 34.2 Å². The molecule has 6 nitrogen and oxygen atoms in total. The van der Waals surface area contributed by atoms with Gasteiger partial charge < -0.3 is 0 Å². The number of carbonyl (C=O) groups excluding carboxylic acids is 1. The van der Waals surface area contributed by atoms with Crippen LogP contribution in [0.1, 0.15) is 10.5 Å². The van der Waals surface area contributed by atoms with Gasteiger partial charge in [-0.15, -0.1) is 0 Å².